The van der Waals surface area contributed by atoms with Crippen LogP contribution in [0.5, 0.6) is 5.75 Å². The molecule has 2 N–H and O–H groups in total. The van der Waals surface area contributed by atoms with E-state index in [1.165, 1.54) is 7.11 Å². The molecule has 1 aromatic rings. The Bertz CT molecular complexity index is 466. The molecular formula is C14H20N2O3. The van der Waals surface area contributed by atoms with Crippen molar-refractivity contribution in [3.8, 4) is 5.75 Å². The van der Waals surface area contributed by atoms with Gasteiger partial charge >= 0.3 is 0 Å². The molecule has 0 aromatic heterocycles. The molecule has 1 aromatic carbocycles. The molecule has 0 spiro atoms. The van der Waals surface area contributed by atoms with Gasteiger partial charge in [0.15, 0.2) is 0 Å². The predicted molar refractivity (Wildman–Crippen MR) is 73.3 cm³/mol. The average Bonchev–Trinajstić information content (AvgIpc) is 2.36. The molecule has 1 aliphatic rings. The van der Waals surface area contributed by atoms with Crippen LogP contribution in [-0.2, 0) is 4.74 Å². The number of amides is 1. The summed E-state index contributed by atoms with van der Waals surface area (Å²) in [6, 6.07) is 5.23. The number of methoxy groups -OCH3 is 1. The van der Waals surface area contributed by atoms with E-state index in [9.17, 15) is 4.79 Å². The summed E-state index contributed by atoms with van der Waals surface area (Å²) in [6.07, 6.45) is 0.0623. The first-order valence-corrected chi connectivity index (χ1v) is 6.40. The fourth-order valence-electron chi connectivity index (χ4n) is 2.45. The van der Waals surface area contributed by atoms with E-state index in [2.05, 4.69) is 0 Å². The number of nitrogens with zero attached hydrogens (tertiary/aromatic N) is 1. The Kier molecular flexibility index (Phi) is 3.95. The van der Waals surface area contributed by atoms with Crippen molar-refractivity contribution < 1.29 is 14.3 Å². The molecule has 2 atom stereocenters. The summed E-state index contributed by atoms with van der Waals surface area (Å²) in [5.74, 6) is 0.411. The molecule has 104 valence electrons. The number of nitrogen functional groups attached to an aromatic ring is 1. The normalized spacial score (nSPS) is 23.2. The van der Waals surface area contributed by atoms with E-state index >= 15 is 0 Å². The predicted octanol–water partition coefficient (Wildman–Crippen LogP) is 1.53. The van der Waals surface area contributed by atoms with Crippen LogP contribution < -0.4 is 10.5 Å². The highest BCUT2D eigenvalue weighted by molar-refractivity contribution is 6.02. The molecule has 19 heavy (non-hydrogen) atoms. The molecule has 0 bridgehead atoms. The molecule has 1 heterocycles. The van der Waals surface area contributed by atoms with E-state index in [0.29, 0.717) is 30.1 Å². The molecule has 5 nitrogen and oxygen atoms in total. The minimum atomic E-state index is -0.100. The van der Waals surface area contributed by atoms with Crippen molar-refractivity contribution in [1.29, 1.82) is 0 Å². The van der Waals surface area contributed by atoms with Gasteiger partial charge in [0.1, 0.15) is 11.3 Å². The average molecular weight is 264 g/mol. The van der Waals surface area contributed by atoms with Gasteiger partial charge in [0.05, 0.1) is 19.3 Å². The van der Waals surface area contributed by atoms with Gasteiger partial charge in [-0.3, -0.25) is 4.79 Å². The molecular weight excluding hydrogens is 244 g/mol. The molecule has 1 amide bonds. The third kappa shape index (κ3) is 2.81. The standard InChI is InChI=1S/C14H20N2O3/c1-9-7-16(8-10(2)19-9)14(17)13-11(15)5-4-6-12(13)18-3/h4-6,9-10H,7-8,15H2,1-3H3/t9-,10+. The summed E-state index contributed by atoms with van der Waals surface area (Å²) in [6.45, 7) is 5.06. The molecule has 0 radical (unpaired) electrons. The van der Waals surface area contributed by atoms with Crippen molar-refractivity contribution >= 4 is 11.6 Å². The lowest BCUT2D eigenvalue weighted by molar-refractivity contribution is -0.0586. The highest BCUT2D eigenvalue weighted by Crippen LogP contribution is 2.27. The maximum Gasteiger partial charge on any atom is 0.259 e. The summed E-state index contributed by atoms with van der Waals surface area (Å²) in [5.41, 5.74) is 6.79. The monoisotopic (exact) mass is 264 g/mol. The third-order valence-electron chi connectivity index (χ3n) is 3.20. The van der Waals surface area contributed by atoms with Crippen molar-refractivity contribution in [3.63, 3.8) is 0 Å². The zero-order valence-electron chi connectivity index (χ0n) is 11.6. The number of carbonyl (C=O) groups excluding carboxylic acids is 1. The van der Waals surface area contributed by atoms with Crippen LogP contribution in [0.1, 0.15) is 24.2 Å². The second kappa shape index (κ2) is 5.48. The zero-order chi connectivity index (χ0) is 14.0. The van der Waals surface area contributed by atoms with Crippen molar-refractivity contribution in [3.05, 3.63) is 23.8 Å². The Morgan fingerprint density at radius 1 is 1.37 bits per heavy atom. The Balaban J connectivity index is 2.29. The first kappa shape index (κ1) is 13.7. The van der Waals surface area contributed by atoms with Crippen molar-refractivity contribution in [2.75, 3.05) is 25.9 Å². The van der Waals surface area contributed by atoms with Gasteiger partial charge in [-0.05, 0) is 26.0 Å². The van der Waals surface area contributed by atoms with Crippen LogP contribution in [0.25, 0.3) is 0 Å². The largest absolute Gasteiger partial charge is 0.496 e. The van der Waals surface area contributed by atoms with Crippen LogP contribution in [-0.4, -0.2) is 43.2 Å². The quantitative estimate of drug-likeness (QED) is 0.823. The second-order valence-corrected chi connectivity index (χ2v) is 4.89. The van der Waals surface area contributed by atoms with Gasteiger partial charge < -0.3 is 20.1 Å². The lowest BCUT2D eigenvalue weighted by Crippen LogP contribution is -2.48. The summed E-state index contributed by atoms with van der Waals surface area (Å²) in [5, 5.41) is 0. The first-order valence-electron chi connectivity index (χ1n) is 6.40. The highest BCUT2D eigenvalue weighted by atomic mass is 16.5. The zero-order valence-corrected chi connectivity index (χ0v) is 11.6. The second-order valence-electron chi connectivity index (χ2n) is 4.89. The molecule has 2 rings (SSSR count). The number of ether oxygens (including phenoxy) is 2. The number of hydrogen-bond acceptors (Lipinski definition) is 4. The van der Waals surface area contributed by atoms with Crippen molar-refractivity contribution in [1.82, 2.24) is 4.90 Å². The third-order valence-corrected chi connectivity index (χ3v) is 3.20. The van der Waals surface area contributed by atoms with E-state index < -0.39 is 0 Å². The number of benzene rings is 1. The first-order chi connectivity index (χ1) is 9.02. The lowest BCUT2D eigenvalue weighted by atomic mass is 10.1. The number of hydrogen-bond donors (Lipinski definition) is 1. The number of morpholine rings is 1. The highest BCUT2D eigenvalue weighted by Gasteiger charge is 2.29. The Labute approximate surface area is 113 Å². The molecule has 1 saturated heterocycles. The molecule has 0 saturated carbocycles. The molecule has 1 aliphatic heterocycles. The summed E-state index contributed by atoms with van der Waals surface area (Å²) < 4.78 is 10.9. The molecule has 5 heteroatoms. The van der Waals surface area contributed by atoms with E-state index in [0.717, 1.165) is 0 Å². The molecule has 0 aliphatic carbocycles. The summed E-state index contributed by atoms with van der Waals surface area (Å²) in [7, 11) is 1.54. The van der Waals surface area contributed by atoms with E-state index in [1.807, 2.05) is 13.8 Å². The Hall–Kier alpha value is -1.75. The van der Waals surface area contributed by atoms with Gasteiger partial charge in [-0.15, -0.1) is 0 Å². The van der Waals surface area contributed by atoms with Crippen LogP contribution in [0.4, 0.5) is 5.69 Å². The van der Waals surface area contributed by atoms with E-state index in [-0.39, 0.29) is 18.1 Å². The smallest absolute Gasteiger partial charge is 0.259 e. The van der Waals surface area contributed by atoms with Gasteiger partial charge in [0.25, 0.3) is 5.91 Å². The molecule has 0 unspecified atom stereocenters. The fraction of sp³-hybridized carbons (Fsp3) is 0.500. The van der Waals surface area contributed by atoms with Gasteiger partial charge in [0.2, 0.25) is 0 Å². The van der Waals surface area contributed by atoms with Crippen LogP contribution in [0.15, 0.2) is 18.2 Å². The number of nitrogens with two attached hydrogens (primary N) is 1. The van der Waals surface area contributed by atoms with Crippen LogP contribution in [0.2, 0.25) is 0 Å². The van der Waals surface area contributed by atoms with Gasteiger partial charge in [0, 0.05) is 18.8 Å². The number of rotatable bonds is 2. The van der Waals surface area contributed by atoms with Gasteiger partial charge in [-0.25, -0.2) is 0 Å². The van der Waals surface area contributed by atoms with Crippen molar-refractivity contribution in [2.24, 2.45) is 0 Å². The SMILES string of the molecule is COc1cccc(N)c1C(=O)N1C[C@@H](C)O[C@@H](C)C1. The summed E-state index contributed by atoms with van der Waals surface area (Å²) in [4.78, 5) is 14.4. The number of carbonyl (C=O) groups is 1. The maximum atomic E-state index is 12.6. The Morgan fingerprint density at radius 3 is 2.58 bits per heavy atom. The minimum absolute atomic E-state index is 0.0311. The van der Waals surface area contributed by atoms with Crippen LogP contribution >= 0.6 is 0 Å². The van der Waals surface area contributed by atoms with Gasteiger partial charge in [-0.2, -0.15) is 0 Å². The van der Waals surface area contributed by atoms with Crippen LogP contribution in [0, 0.1) is 0 Å². The maximum absolute atomic E-state index is 12.6. The van der Waals surface area contributed by atoms with Crippen molar-refractivity contribution in [2.45, 2.75) is 26.1 Å². The van der Waals surface area contributed by atoms with E-state index in [4.69, 9.17) is 15.2 Å². The summed E-state index contributed by atoms with van der Waals surface area (Å²) >= 11 is 0. The molecule has 1 fully saturated rings. The Morgan fingerprint density at radius 2 is 2.00 bits per heavy atom. The number of anilines is 1. The topological polar surface area (TPSA) is 64.8 Å². The van der Waals surface area contributed by atoms with E-state index in [1.54, 1.807) is 23.1 Å². The fourth-order valence-corrected chi connectivity index (χ4v) is 2.45. The minimum Gasteiger partial charge on any atom is -0.496 e. The van der Waals surface area contributed by atoms with Crippen LogP contribution in [0.3, 0.4) is 0 Å². The van der Waals surface area contributed by atoms with Gasteiger partial charge in [-0.1, -0.05) is 6.07 Å². The lowest BCUT2D eigenvalue weighted by Gasteiger charge is -2.35.